The fraction of sp³-hybridized carbons (Fsp3) is 0.312. The van der Waals surface area contributed by atoms with Crippen molar-refractivity contribution in [2.45, 2.75) is 13.8 Å². The van der Waals surface area contributed by atoms with Crippen molar-refractivity contribution >= 4 is 34.4 Å². The summed E-state index contributed by atoms with van der Waals surface area (Å²) in [6.07, 6.45) is 1.32. The van der Waals surface area contributed by atoms with E-state index in [2.05, 4.69) is 10.3 Å². The van der Waals surface area contributed by atoms with Crippen LogP contribution in [0.3, 0.4) is 0 Å². The number of nitrogens with zero attached hydrogens (tertiary/aromatic N) is 2. The van der Waals surface area contributed by atoms with Crippen molar-refractivity contribution in [3.8, 4) is 5.75 Å². The van der Waals surface area contributed by atoms with E-state index < -0.39 is 0 Å². The van der Waals surface area contributed by atoms with Gasteiger partial charge in [-0.3, -0.25) is 19.5 Å². The van der Waals surface area contributed by atoms with E-state index in [9.17, 15) is 9.59 Å². The third kappa shape index (κ3) is 4.85. The average Bonchev–Trinajstić information content (AvgIpc) is 2.83. The Balaban J connectivity index is 0.00000288. The molecule has 0 bridgehead atoms. The van der Waals surface area contributed by atoms with Crippen LogP contribution in [-0.2, 0) is 9.59 Å². The Hall–Kier alpha value is -1.80. The van der Waals surface area contributed by atoms with Crippen LogP contribution in [0.5, 0.6) is 5.75 Å². The van der Waals surface area contributed by atoms with Crippen LogP contribution in [0.25, 0.3) is 0 Å². The fourth-order valence-electron chi connectivity index (χ4n) is 2.01. The number of methoxy groups -OCH3 is 1. The van der Waals surface area contributed by atoms with E-state index in [1.807, 2.05) is 13.8 Å². The summed E-state index contributed by atoms with van der Waals surface area (Å²) in [5.74, 6) is 0.177. The van der Waals surface area contributed by atoms with Crippen molar-refractivity contribution in [2.75, 3.05) is 25.5 Å². The molecule has 8 heteroatoms. The van der Waals surface area contributed by atoms with Crippen LogP contribution in [0.2, 0.25) is 0 Å². The Bertz CT molecular complexity index is 659. The van der Waals surface area contributed by atoms with Crippen LogP contribution >= 0.6 is 11.8 Å². The van der Waals surface area contributed by atoms with E-state index in [0.29, 0.717) is 34.6 Å². The summed E-state index contributed by atoms with van der Waals surface area (Å²) in [5, 5.41) is 3.37. The molecule has 130 valence electrons. The molecule has 1 heterocycles. The smallest absolute Gasteiger partial charge is 0.266 e. The van der Waals surface area contributed by atoms with Gasteiger partial charge in [0.1, 0.15) is 5.75 Å². The lowest BCUT2D eigenvalue weighted by atomic mass is 10.3. The second kappa shape index (κ2) is 9.48. The number of anilines is 1. The van der Waals surface area contributed by atoms with E-state index in [4.69, 9.17) is 4.74 Å². The first kappa shape index (κ1) is 20.2. The molecule has 0 saturated carbocycles. The van der Waals surface area contributed by atoms with Crippen molar-refractivity contribution in [1.29, 1.82) is 0 Å². The molecule has 1 aliphatic heterocycles. The van der Waals surface area contributed by atoms with Crippen LogP contribution in [0.15, 0.2) is 40.2 Å². The van der Waals surface area contributed by atoms with Gasteiger partial charge in [0.2, 0.25) is 5.91 Å². The van der Waals surface area contributed by atoms with Crippen LogP contribution in [0.1, 0.15) is 13.8 Å². The van der Waals surface area contributed by atoms with Gasteiger partial charge >= 0.3 is 0 Å². The summed E-state index contributed by atoms with van der Waals surface area (Å²) in [4.78, 5) is 30.6. The normalized spacial score (nSPS) is 17.1. The zero-order valence-corrected chi connectivity index (χ0v) is 16.1. The maximum atomic E-state index is 12.3. The summed E-state index contributed by atoms with van der Waals surface area (Å²) in [6, 6.07) is 6.98. The van der Waals surface area contributed by atoms with Gasteiger partial charge in [-0.1, -0.05) is 0 Å². The van der Waals surface area contributed by atoms with Crippen molar-refractivity contribution in [3.63, 3.8) is 0 Å². The molecule has 0 aromatic heterocycles. The molecule has 0 radical (unpaired) electrons. The molecular formula is C16H19BrN3O3S-. The van der Waals surface area contributed by atoms with Gasteiger partial charge in [-0.15, -0.1) is 0 Å². The number of rotatable bonds is 5. The van der Waals surface area contributed by atoms with Gasteiger partial charge in [0.05, 0.1) is 12.0 Å². The molecule has 2 rings (SSSR count). The number of carbonyl (C=O) groups is 2. The van der Waals surface area contributed by atoms with E-state index in [-0.39, 0.29) is 28.8 Å². The number of carbonyl (C=O) groups excluding carboxylic acids is 2. The molecule has 1 aliphatic rings. The van der Waals surface area contributed by atoms with Gasteiger partial charge in [0.15, 0.2) is 5.17 Å². The van der Waals surface area contributed by atoms with Crippen molar-refractivity contribution < 1.29 is 31.3 Å². The number of amidine groups is 1. The molecule has 0 spiro atoms. The van der Waals surface area contributed by atoms with Gasteiger partial charge in [-0.25, -0.2) is 0 Å². The molecule has 24 heavy (non-hydrogen) atoms. The summed E-state index contributed by atoms with van der Waals surface area (Å²) in [5.41, 5.74) is 0.637. The largest absolute Gasteiger partial charge is 1.00 e. The molecule has 1 aromatic carbocycles. The Morgan fingerprint density at radius 3 is 2.54 bits per heavy atom. The summed E-state index contributed by atoms with van der Waals surface area (Å²) in [7, 11) is 1.58. The fourth-order valence-corrected chi connectivity index (χ4v) is 3.09. The minimum absolute atomic E-state index is 0. The summed E-state index contributed by atoms with van der Waals surface area (Å²) >= 11 is 1.23. The highest BCUT2D eigenvalue weighted by Crippen LogP contribution is 2.30. The maximum Gasteiger partial charge on any atom is 0.266 e. The number of halogens is 1. The Kier molecular flexibility index (Phi) is 8.00. The number of thioether (sulfide) groups is 1. The third-order valence-corrected chi connectivity index (χ3v) is 4.16. The van der Waals surface area contributed by atoms with E-state index in [1.165, 1.54) is 17.8 Å². The van der Waals surface area contributed by atoms with E-state index in [0.717, 1.165) is 0 Å². The van der Waals surface area contributed by atoms with Crippen LogP contribution < -0.4 is 27.0 Å². The number of hydrogen-bond acceptors (Lipinski definition) is 5. The standard InChI is InChI=1S/C16H19N3O3S.BrH/c1-4-17-16-19(5-2)15(21)13(23-16)10-14(20)18-11-6-8-12(22-3)9-7-11;/h6-10H,4-5H2,1-3H3,(H,18,20);1H/p-1/b13-10+,17-16?;. The van der Waals surface area contributed by atoms with Crippen LogP contribution in [0.4, 0.5) is 5.69 Å². The molecule has 2 amide bonds. The highest BCUT2D eigenvalue weighted by molar-refractivity contribution is 8.18. The van der Waals surface area contributed by atoms with Gasteiger partial charge in [-0.05, 0) is 49.9 Å². The minimum Gasteiger partial charge on any atom is -1.00 e. The number of nitrogens with one attached hydrogen (secondary N) is 1. The molecule has 1 saturated heterocycles. The predicted octanol–water partition coefficient (Wildman–Crippen LogP) is -0.507. The first-order valence-corrected chi connectivity index (χ1v) is 8.11. The van der Waals surface area contributed by atoms with Crippen molar-refractivity contribution in [2.24, 2.45) is 4.99 Å². The lowest BCUT2D eigenvalue weighted by Gasteiger charge is -2.11. The molecule has 1 N–H and O–H groups in total. The Morgan fingerprint density at radius 1 is 1.33 bits per heavy atom. The zero-order valence-electron chi connectivity index (χ0n) is 13.7. The number of aliphatic imine (C=N–C) groups is 1. The van der Waals surface area contributed by atoms with Gasteiger partial charge < -0.3 is 27.0 Å². The van der Waals surface area contributed by atoms with E-state index >= 15 is 0 Å². The highest BCUT2D eigenvalue weighted by Gasteiger charge is 2.32. The number of benzene rings is 1. The Morgan fingerprint density at radius 2 is 2.00 bits per heavy atom. The second-order valence-electron chi connectivity index (χ2n) is 4.63. The first-order chi connectivity index (χ1) is 11.1. The van der Waals surface area contributed by atoms with Crippen LogP contribution in [-0.4, -0.2) is 42.1 Å². The van der Waals surface area contributed by atoms with Crippen molar-refractivity contribution in [1.82, 2.24) is 4.90 Å². The van der Waals surface area contributed by atoms with Gasteiger partial charge in [0.25, 0.3) is 5.91 Å². The lowest BCUT2D eigenvalue weighted by molar-refractivity contribution is -0.122. The topological polar surface area (TPSA) is 71.0 Å². The second-order valence-corrected chi connectivity index (χ2v) is 5.64. The monoisotopic (exact) mass is 412 g/mol. The molecule has 1 aromatic rings. The SMILES string of the molecule is CCN=C1S/C(=C/C(=O)Nc2ccc(OC)cc2)C(=O)N1CC.[Br-]. The maximum absolute atomic E-state index is 12.3. The minimum atomic E-state index is -0.347. The number of amides is 2. The molecule has 0 atom stereocenters. The van der Waals surface area contributed by atoms with Gasteiger partial charge in [0, 0.05) is 24.9 Å². The quantitative estimate of drug-likeness (QED) is 0.661. The van der Waals surface area contributed by atoms with Crippen LogP contribution in [0, 0.1) is 0 Å². The molecule has 6 nitrogen and oxygen atoms in total. The number of likely N-dealkylation sites (N-methyl/N-ethyl adjacent to an activating group) is 1. The Labute approximate surface area is 156 Å². The summed E-state index contributed by atoms with van der Waals surface area (Å²) in [6.45, 7) is 4.91. The zero-order chi connectivity index (χ0) is 16.8. The highest BCUT2D eigenvalue weighted by atomic mass is 79.9. The van der Waals surface area contributed by atoms with E-state index in [1.54, 1.807) is 36.3 Å². The molecular weight excluding hydrogens is 394 g/mol. The average molecular weight is 413 g/mol. The predicted molar refractivity (Wildman–Crippen MR) is 92.7 cm³/mol. The number of ether oxygens (including phenoxy) is 1. The molecule has 1 fully saturated rings. The first-order valence-electron chi connectivity index (χ1n) is 7.30. The van der Waals surface area contributed by atoms with Gasteiger partial charge in [-0.2, -0.15) is 0 Å². The molecule has 0 unspecified atom stereocenters. The third-order valence-electron chi connectivity index (χ3n) is 3.12. The number of hydrogen-bond donors (Lipinski definition) is 1. The lowest BCUT2D eigenvalue weighted by Crippen LogP contribution is -3.00. The van der Waals surface area contributed by atoms with Crippen molar-refractivity contribution in [3.05, 3.63) is 35.2 Å². The summed E-state index contributed by atoms with van der Waals surface area (Å²) < 4.78 is 5.06. The molecule has 0 aliphatic carbocycles.